The highest BCUT2D eigenvalue weighted by atomic mass is 28.3. The molecule has 1 nitrogen and oxygen atoms in total. The summed E-state index contributed by atoms with van der Waals surface area (Å²) >= 11 is 0. The van der Waals surface area contributed by atoms with E-state index >= 15 is 0 Å². The van der Waals surface area contributed by atoms with Gasteiger partial charge in [-0.3, -0.25) is 4.90 Å². The third-order valence-corrected chi connectivity index (χ3v) is 9.80. The predicted molar refractivity (Wildman–Crippen MR) is 116 cm³/mol. The van der Waals surface area contributed by atoms with Crippen molar-refractivity contribution in [1.29, 1.82) is 0 Å². The van der Waals surface area contributed by atoms with Crippen molar-refractivity contribution in [3.8, 4) is 11.5 Å². The molecule has 0 spiro atoms. The van der Waals surface area contributed by atoms with Crippen LogP contribution in [-0.2, 0) is 0 Å². The van der Waals surface area contributed by atoms with E-state index in [2.05, 4.69) is 114 Å². The van der Waals surface area contributed by atoms with Gasteiger partial charge in [0.15, 0.2) is 0 Å². The highest BCUT2D eigenvalue weighted by molar-refractivity contribution is 6.87. The molecule has 0 atom stereocenters. The molecule has 0 aliphatic heterocycles. The van der Waals surface area contributed by atoms with Gasteiger partial charge in [0.1, 0.15) is 8.07 Å². The van der Waals surface area contributed by atoms with Gasteiger partial charge in [0.2, 0.25) is 0 Å². The molecule has 0 bridgehead atoms. The lowest BCUT2D eigenvalue weighted by atomic mass is 10.1. The molecule has 1 aromatic rings. The van der Waals surface area contributed by atoms with Gasteiger partial charge >= 0.3 is 0 Å². The first-order valence-electron chi connectivity index (χ1n) is 9.50. The Labute approximate surface area is 157 Å². The van der Waals surface area contributed by atoms with Gasteiger partial charge in [0, 0.05) is 24.2 Å². The predicted octanol–water partition coefficient (Wildman–Crippen LogP) is 6.24. The molecule has 0 amide bonds. The van der Waals surface area contributed by atoms with E-state index in [-0.39, 0.29) is 5.04 Å². The average molecular weight is 356 g/mol. The first kappa shape index (κ1) is 21.7. The number of hydrogen-bond acceptors (Lipinski definition) is 1. The fourth-order valence-electron chi connectivity index (χ4n) is 2.48. The second-order valence-electron chi connectivity index (χ2n) is 8.99. The van der Waals surface area contributed by atoms with Crippen LogP contribution in [0.5, 0.6) is 0 Å². The van der Waals surface area contributed by atoms with Gasteiger partial charge in [0.05, 0.1) is 0 Å². The molecule has 0 saturated carbocycles. The van der Waals surface area contributed by atoms with E-state index < -0.39 is 8.07 Å². The summed E-state index contributed by atoms with van der Waals surface area (Å²) in [6, 6.07) is 11.7. The van der Waals surface area contributed by atoms with Crippen LogP contribution in [0.15, 0.2) is 36.4 Å². The highest BCUT2D eigenvalue weighted by Crippen LogP contribution is 2.35. The lowest BCUT2D eigenvalue weighted by Gasteiger charge is -2.31. The summed E-state index contributed by atoms with van der Waals surface area (Å²) in [5.74, 6) is 3.56. The Balaban J connectivity index is 3.23. The Morgan fingerprint density at radius 2 is 1.56 bits per heavy atom. The van der Waals surface area contributed by atoms with Crippen molar-refractivity contribution in [2.24, 2.45) is 0 Å². The summed E-state index contributed by atoms with van der Waals surface area (Å²) in [7, 11) is -1.62. The monoisotopic (exact) mass is 355 g/mol. The Morgan fingerprint density at radius 1 is 1.04 bits per heavy atom. The van der Waals surface area contributed by atoms with Gasteiger partial charge in [-0.15, -0.1) is 5.54 Å². The van der Waals surface area contributed by atoms with Crippen molar-refractivity contribution in [3.63, 3.8) is 0 Å². The van der Waals surface area contributed by atoms with Crippen LogP contribution in [0.1, 0.15) is 54.0 Å². The van der Waals surface area contributed by atoms with Crippen LogP contribution in [0.2, 0.25) is 18.1 Å². The normalized spacial score (nSPS) is 13.4. The number of allylic oxidation sites excluding steroid dienone is 1. The molecule has 0 aliphatic carbocycles. The third-order valence-electron chi connectivity index (χ3n) is 5.30. The molecule has 0 aromatic heterocycles. The second-order valence-corrected chi connectivity index (χ2v) is 14.0. The lowest BCUT2D eigenvalue weighted by Crippen LogP contribution is -2.37. The number of nitrogens with zero attached hydrogens (tertiary/aromatic N) is 1. The largest absolute Gasteiger partial charge is 0.295 e. The van der Waals surface area contributed by atoms with Crippen molar-refractivity contribution in [2.45, 2.75) is 78.7 Å². The van der Waals surface area contributed by atoms with Gasteiger partial charge < -0.3 is 0 Å². The van der Waals surface area contributed by atoms with Crippen molar-refractivity contribution in [3.05, 3.63) is 42.0 Å². The minimum atomic E-state index is -1.62. The van der Waals surface area contributed by atoms with Crippen LogP contribution < -0.4 is 0 Å². The van der Waals surface area contributed by atoms with Gasteiger partial charge in [-0.2, -0.15) is 0 Å². The van der Waals surface area contributed by atoms with E-state index in [4.69, 9.17) is 0 Å². The summed E-state index contributed by atoms with van der Waals surface area (Å²) in [6.07, 6.45) is 2.31. The van der Waals surface area contributed by atoms with Gasteiger partial charge in [0.25, 0.3) is 0 Å². The molecule has 1 aromatic carbocycles. The molecule has 0 aliphatic rings. The van der Waals surface area contributed by atoms with Gasteiger partial charge in [-0.05, 0) is 38.3 Å². The first-order valence-corrected chi connectivity index (χ1v) is 12.5. The first-order chi connectivity index (χ1) is 11.5. The molecular weight excluding hydrogens is 318 g/mol. The molecule has 2 heteroatoms. The molecule has 25 heavy (non-hydrogen) atoms. The fraction of sp³-hybridized carbons (Fsp3) is 0.565. The van der Waals surface area contributed by atoms with Gasteiger partial charge in [-0.1, -0.05) is 76.2 Å². The van der Waals surface area contributed by atoms with Crippen LogP contribution in [-0.4, -0.2) is 31.6 Å². The van der Waals surface area contributed by atoms with E-state index in [9.17, 15) is 0 Å². The van der Waals surface area contributed by atoms with Crippen LogP contribution in [0.4, 0.5) is 0 Å². The van der Waals surface area contributed by atoms with E-state index in [0.717, 1.165) is 12.1 Å². The van der Waals surface area contributed by atoms with Gasteiger partial charge in [-0.25, -0.2) is 0 Å². The molecule has 0 heterocycles. The van der Waals surface area contributed by atoms with E-state index in [0.29, 0.717) is 12.1 Å². The molecule has 0 fully saturated rings. The molecule has 0 unspecified atom stereocenters. The molecule has 138 valence electrons. The van der Waals surface area contributed by atoms with Crippen molar-refractivity contribution < 1.29 is 0 Å². The SMILES string of the molecule is CC(C)N(C/C=C(/C#C[Si](C)(C)C(C)(C)C)c1ccccc1)C(C)C. The average Bonchev–Trinajstić information content (AvgIpc) is 2.49. The topological polar surface area (TPSA) is 3.24 Å². The molecule has 1 rings (SSSR count). The maximum Gasteiger partial charge on any atom is 0.138 e. The molecule has 0 N–H and O–H groups in total. The van der Waals surface area contributed by atoms with Crippen LogP contribution in [0, 0.1) is 11.5 Å². The maximum atomic E-state index is 3.68. The van der Waals surface area contributed by atoms with Crippen molar-refractivity contribution in [2.75, 3.05) is 6.54 Å². The summed E-state index contributed by atoms with van der Waals surface area (Å²) in [6.45, 7) is 21.7. The van der Waals surface area contributed by atoms with Crippen LogP contribution in [0.3, 0.4) is 0 Å². The van der Waals surface area contributed by atoms with E-state index in [1.54, 1.807) is 0 Å². The minimum absolute atomic E-state index is 0.281. The highest BCUT2D eigenvalue weighted by Gasteiger charge is 2.33. The summed E-state index contributed by atoms with van der Waals surface area (Å²) in [5.41, 5.74) is 6.07. The zero-order valence-electron chi connectivity index (χ0n) is 17.8. The lowest BCUT2D eigenvalue weighted by molar-refractivity contribution is 0.196. The Morgan fingerprint density at radius 3 is 2.00 bits per heavy atom. The summed E-state index contributed by atoms with van der Waals surface area (Å²) < 4.78 is 0. The standard InChI is InChI=1S/C23H37NSi/c1-19(2)24(20(3)4)17-15-22(21-13-11-10-12-14-21)16-18-25(8,9)23(5,6)7/h10-15,19-20H,17H2,1-9H3/b22-15-. The smallest absolute Gasteiger partial charge is 0.138 e. The fourth-order valence-corrected chi connectivity index (χ4v) is 3.31. The third kappa shape index (κ3) is 6.49. The van der Waals surface area contributed by atoms with E-state index in [1.165, 1.54) is 5.56 Å². The van der Waals surface area contributed by atoms with E-state index in [1.807, 2.05) is 0 Å². The second kappa shape index (κ2) is 8.88. The summed E-state index contributed by atoms with van der Waals surface area (Å²) in [5, 5.41) is 0.281. The van der Waals surface area contributed by atoms with Crippen LogP contribution >= 0.6 is 0 Å². The molecule has 0 radical (unpaired) electrons. The number of hydrogen-bond donors (Lipinski definition) is 0. The Kier molecular flexibility index (Phi) is 7.72. The zero-order chi connectivity index (χ0) is 19.3. The maximum absolute atomic E-state index is 3.68. The quantitative estimate of drug-likeness (QED) is 0.446. The number of benzene rings is 1. The Bertz CT molecular complexity index is 614. The zero-order valence-corrected chi connectivity index (χ0v) is 18.8. The van der Waals surface area contributed by atoms with Crippen molar-refractivity contribution >= 4 is 13.6 Å². The van der Waals surface area contributed by atoms with Crippen LogP contribution in [0.25, 0.3) is 5.57 Å². The molecule has 0 saturated heterocycles. The minimum Gasteiger partial charge on any atom is -0.295 e. The summed E-state index contributed by atoms with van der Waals surface area (Å²) in [4.78, 5) is 2.50. The Hall–Kier alpha value is -1.30. The number of rotatable bonds is 5. The van der Waals surface area contributed by atoms with Crippen molar-refractivity contribution in [1.82, 2.24) is 4.90 Å². The molecular formula is C23H37NSi.